The molecule has 3 aromatic carbocycles. The van der Waals surface area contributed by atoms with Crippen molar-refractivity contribution in [2.75, 3.05) is 19.8 Å². The van der Waals surface area contributed by atoms with Crippen molar-refractivity contribution in [3.05, 3.63) is 94.6 Å². The fraction of sp³-hybridized carbons (Fsp3) is 0.321. The largest absolute Gasteiger partial charge is 0.486 e. The third-order valence-electron chi connectivity index (χ3n) is 6.05. The molecule has 0 aromatic heterocycles. The lowest BCUT2D eigenvalue weighted by Gasteiger charge is -2.25. The van der Waals surface area contributed by atoms with Crippen LogP contribution in [0, 0.1) is 11.6 Å². The first-order valence-electron chi connectivity index (χ1n) is 12.0. The van der Waals surface area contributed by atoms with Crippen LogP contribution in [0.2, 0.25) is 0 Å². The highest BCUT2D eigenvalue weighted by atomic mass is 19.1. The number of carbonyl (C=O) groups excluding carboxylic acids is 1. The summed E-state index contributed by atoms with van der Waals surface area (Å²) in [6, 6.07) is 15.3. The summed E-state index contributed by atoms with van der Waals surface area (Å²) in [6.07, 6.45) is -0.0554. The van der Waals surface area contributed by atoms with E-state index in [1.165, 1.54) is 17.7 Å². The molecule has 1 aliphatic rings. The molecule has 0 aliphatic carbocycles. The Kier molecular flexibility index (Phi) is 8.51. The van der Waals surface area contributed by atoms with E-state index in [9.17, 15) is 18.7 Å². The van der Waals surface area contributed by atoms with Gasteiger partial charge in [-0.25, -0.2) is 8.78 Å². The number of aliphatic hydroxyl groups excluding tert-OH is 1. The standard InChI is InChI=1S/C28H30F2N2O4/c1-2-18-4-3-5-19(10-18)16-31-17-25(33)24(13-20-11-22(29)15-23(30)12-20)32-28(34)21-6-7-26-27(14-21)36-9-8-35-26/h3-7,10-12,14-15,24-25,31,33H,2,8-9,13,16-17H2,1H3,(H,32,34). The fourth-order valence-electron chi connectivity index (χ4n) is 4.17. The minimum Gasteiger partial charge on any atom is -0.486 e. The molecule has 6 nitrogen and oxygen atoms in total. The first kappa shape index (κ1) is 25.6. The van der Waals surface area contributed by atoms with Gasteiger partial charge in [0.1, 0.15) is 24.8 Å². The number of aryl methyl sites for hydroxylation is 1. The van der Waals surface area contributed by atoms with E-state index in [2.05, 4.69) is 29.7 Å². The molecule has 8 heteroatoms. The highest BCUT2D eigenvalue weighted by Crippen LogP contribution is 2.30. The fourth-order valence-corrected chi connectivity index (χ4v) is 4.17. The van der Waals surface area contributed by atoms with Crippen molar-refractivity contribution >= 4 is 5.91 Å². The summed E-state index contributed by atoms with van der Waals surface area (Å²) in [7, 11) is 0. The molecule has 0 saturated carbocycles. The summed E-state index contributed by atoms with van der Waals surface area (Å²) < 4.78 is 38.6. The molecule has 4 rings (SSSR count). The minimum absolute atomic E-state index is 0.0408. The van der Waals surface area contributed by atoms with Gasteiger partial charge in [0.2, 0.25) is 0 Å². The number of hydrogen-bond acceptors (Lipinski definition) is 5. The quantitative estimate of drug-likeness (QED) is 0.398. The molecule has 2 atom stereocenters. The number of fused-ring (bicyclic) bond motifs is 1. The van der Waals surface area contributed by atoms with E-state index in [-0.39, 0.29) is 13.0 Å². The second kappa shape index (κ2) is 12.0. The maximum absolute atomic E-state index is 13.8. The molecule has 1 heterocycles. The zero-order valence-electron chi connectivity index (χ0n) is 20.1. The lowest BCUT2D eigenvalue weighted by atomic mass is 10.00. The van der Waals surface area contributed by atoms with Crippen molar-refractivity contribution in [2.45, 2.75) is 38.5 Å². The van der Waals surface area contributed by atoms with Crippen LogP contribution in [0.15, 0.2) is 60.7 Å². The molecule has 2 unspecified atom stereocenters. The Balaban J connectivity index is 1.46. The lowest BCUT2D eigenvalue weighted by Crippen LogP contribution is -2.48. The molecule has 0 spiro atoms. The van der Waals surface area contributed by atoms with E-state index >= 15 is 0 Å². The average Bonchev–Trinajstić information content (AvgIpc) is 2.87. The van der Waals surface area contributed by atoms with E-state index < -0.39 is 29.7 Å². The zero-order chi connectivity index (χ0) is 25.5. The van der Waals surface area contributed by atoms with Crippen molar-refractivity contribution < 1.29 is 28.2 Å². The number of benzene rings is 3. The summed E-state index contributed by atoms with van der Waals surface area (Å²) in [6.45, 7) is 3.60. The summed E-state index contributed by atoms with van der Waals surface area (Å²) in [4.78, 5) is 13.0. The van der Waals surface area contributed by atoms with E-state index in [0.717, 1.165) is 18.1 Å². The number of hydrogen-bond donors (Lipinski definition) is 3. The third kappa shape index (κ3) is 6.80. The Morgan fingerprint density at radius 2 is 1.67 bits per heavy atom. The van der Waals surface area contributed by atoms with Crippen LogP contribution < -0.4 is 20.1 Å². The van der Waals surface area contributed by atoms with Crippen LogP contribution >= 0.6 is 0 Å². The Bertz CT molecular complexity index is 1180. The molecule has 1 aliphatic heterocycles. The summed E-state index contributed by atoms with van der Waals surface area (Å²) in [5, 5.41) is 17.0. The molecule has 0 saturated heterocycles. The van der Waals surface area contributed by atoms with Gasteiger partial charge in [0, 0.05) is 24.7 Å². The maximum Gasteiger partial charge on any atom is 0.251 e. The highest BCUT2D eigenvalue weighted by molar-refractivity contribution is 5.95. The second-order valence-corrected chi connectivity index (χ2v) is 8.79. The molecular weight excluding hydrogens is 466 g/mol. The van der Waals surface area contributed by atoms with Crippen molar-refractivity contribution in [2.24, 2.45) is 0 Å². The van der Waals surface area contributed by atoms with Crippen molar-refractivity contribution in [3.63, 3.8) is 0 Å². The minimum atomic E-state index is -1.02. The van der Waals surface area contributed by atoms with Crippen LogP contribution in [0.1, 0.15) is 34.0 Å². The number of ether oxygens (including phenoxy) is 2. The van der Waals surface area contributed by atoms with Gasteiger partial charge in [0.15, 0.2) is 11.5 Å². The van der Waals surface area contributed by atoms with Gasteiger partial charge in [-0.1, -0.05) is 31.2 Å². The molecule has 0 fully saturated rings. The summed E-state index contributed by atoms with van der Waals surface area (Å²) in [5.41, 5.74) is 2.94. The SMILES string of the molecule is CCc1cccc(CNCC(O)C(Cc2cc(F)cc(F)c2)NC(=O)c2ccc3c(c2)OCCO3)c1. The van der Waals surface area contributed by atoms with E-state index in [4.69, 9.17) is 9.47 Å². The number of nitrogens with one attached hydrogen (secondary N) is 2. The predicted octanol–water partition coefficient (Wildman–Crippen LogP) is 3.79. The van der Waals surface area contributed by atoms with Crippen LogP contribution in [0.3, 0.4) is 0 Å². The van der Waals surface area contributed by atoms with Gasteiger partial charge in [-0.15, -0.1) is 0 Å². The molecule has 3 N–H and O–H groups in total. The number of amides is 1. The van der Waals surface area contributed by atoms with Gasteiger partial charge < -0.3 is 25.2 Å². The molecule has 36 heavy (non-hydrogen) atoms. The van der Waals surface area contributed by atoms with Crippen molar-refractivity contribution in [3.8, 4) is 11.5 Å². The number of rotatable bonds is 10. The van der Waals surface area contributed by atoms with Crippen molar-refractivity contribution in [1.29, 1.82) is 0 Å². The van der Waals surface area contributed by atoms with Crippen molar-refractivity contribution in [1.82, 2.24) is 10.6 Å². The average molecular weight is 497 g/mol. The maximum atomic E-state index is 13.8. The van der Waals surface area contributed by atoms with Crippen LogP contribution in [-0.4, -0.2) is 42.9 Å². The first-order chi connectivity index (χ1) is 17.4. The summed E-state index contributed by atoms with van der Waals surface area (Å²) >= 11 is 0. The van der Waals surface area contributed by atoms with E-state index in [1.807, 2.05) is 12.1 Å². The normalized spacial score (nSPS) is 14.2. The zero-order valence-corrected chi connectivity index (χ0v) is 20.1. The number of aliphatic hydroxyl groups is 1. The Morgan fingerprint density at radius 3 is 2.42 bits per heavy atom. The Hall–Kier alpha value is -3.49. The predicted molar refractivity (Wildman–Crippen MR) is 132 cm³/mol. The number of halogens is 2. The van der Waals surface area contributed by atoms with E-state index in [1.54, 1.807) is 18.2 Å². The Morgan fingerprint density at radius 1 is 0.944 bits per heavy atom. The van der Waals surface area contributed by atoms with Gasteiger partial charge in [-0.2, -0.15) is 0 Å². The molecule has 190 valence electrons. The highest BCUT2D eigenvalue weighted by Gasteiger charge is 2.24. The summed E-state index contributed by atoms with van der Waals surface area (Å²) in [5.74, 6) is -0.852. The molecule has 0 bridgehead atoms. The number of carbonyl (C=O) groups is 1. The van der Waals surface area contributed by atoms with Gasteiger partial charge in [-0.05, 0) is 59.9 Å². The second-order valence-electron chi connectivity index (χ2n) is 8.79. The van der Waals surface area contributed by atoms with Gasteiger partial charge in [0.25, 0.3) is 5.91 Å². The van der Waals surface area contributed by atoms with E-state index in [0.29, 0.717) is 42.4 Å². The van der Waals surface area contributed by atoms with Gasteiger partial charge in [-0.3, -0.25) is 4.79 Å². The van der Waals surface area contributed by atoms with Crippen LogP contribution in [0.5, 0.6) is 11.5 Å². The van der Waals surface area contributed by atoms with Crippen LogP contribution in [0.25, 0.3) is 0 Å². The monoisotopic (exact) mass is 496 g/mol. The molecule has 1 amide bonds. The molecule has 0 radical (unpaired) electrons. The third-order valence-corrected chi connectivity index (χ3v) is 6.05. The Labute approximate surface area is 209 Å². The first-order valence-corrected chi connectivity index (χ1v) is 12.0. The smallest absolute Gasteiger partial charge is 0.251 e. The molecular formula is C28H30F2N2O4. The van der Waals surface area contributed by atoms with Crippen LogP contribution in [0.4, 0.5) is 8.78 Å². The van der Waals surface area contributed by atoms with Gasteiger partial charge >= 0.3 is 0 Å². The van der Waals surface area contributed by atoms with Gasteiger partial charge in [0.05, 0.1) is 12.1 Å². The van der Waals surface area contributed by atoms with Crippen LogP contribution in [-0.2, 0) is 19.4 Å². The topological polar surface area (TPSA) is 79.8 Å². The lowest BCUT2D eigenvalue weighted by molar-refractivity contribution is 0.0829. The molecule has 3 aromatic rings.